The van der Waals surface area contributed by atoms with Crippen molar-refractivity contribution in [1.82, 2.24) is 19.4 Å². The van der Waals surface area contributed by atoms with Crippen LogP contribution in [0.25, 0.3) is 0 Å². The molecule has 2 aromatic heterocycles. The molecule has 0 saturated carbocycles. The zero-order chi connectivity index (χ0) is 16.8. The first-order valence-electron chi connectivity index (χ1n) is 8.57. The van der Waals surface area contributed by atoms with Crippen LogP contribution >= 0.6 is 0 Å². The van der Waals surface area contributed by atoms with Gasteiger partial charge in [0.25, 0.3) is 6.01 Å². The number of ether oxygens (including phenoxy) is 1. The Bertz CT molecular complexity index is 663. The van der Waals surface area contributed by atoms with Crippen LogP contribution in [0, 0.1) is 0 Å². The zero-order valence-electron chi connectivity index (χ0n) is 14.1. The third-order valence-corrected chi connectivity index (χ3v) is 4.42. The number of carbonyl (C=O) groups excluding carboxylic acids is 1. The minimum absolute atomic E-state index is 0.0735. The van der Waals surface area contributed by atoms with Crippen LogP contribution in [0.1, 0.15) is 41.7 Å². The number of pyridine rings is 1. The Kier molecular flexibility index (Phi) is 5.59. The second-order valence-electron chi connectivity index (χ2n) is 6.15. The topological polar surface area (TPSA) is 60.3 Å². The van der Waals surface area contributed by atoms with E-state index in [1.165, 1.54) is 32.4 Å². The predicted molar refractivity (Wildman–Crippen MR) is 91.3 cm³/mol. The summed E-state index contributed by atoms with van der Waals surface area (Å²) < 4.78 is 7.47. The van der Waals surface area contributed by atoms with Crippen molar-refractivity contribution in [3.05, 3.63) is 42.0 Å². The molecular formula is C18H24N4O2. The monoisotopic (exact) mass is 328 g/mol. The van der Waals surface area contributed by atoms with Crippen LogP contribution in [0.2, 0.25) is 0 Å². The summed E-state index contributed by atoms with van der Waals surface area (Å²) in [7, 11) is 1.81. The summed E-state index contributed by atoms with van der Waals surface area (Å²) in [5, 5.41) is 0. The number of carbonyl (C=O) groups is 1. The lowest BCUT2D eigenvalue weighted by atomic mass is 10.1. The van der Waals surface area contributed by atoms with Gasteiger partial charge in [0.1, 0.15) is 5.69 Å². The van der Waals surface area contributed by atoms with E-state index in [1.54, 1.807) is 42.3 Å². The molecule has 0 unspecified atom stereocenters. The van der Waals surface area contributed by atoms with Gasteiger partial charge in [-0.3, -0.25) is 14.3 Å². The Balaban J connectivity index is 1.52. The summed E-state index contributed by atoms with van der Waals surface area (Å²) in [5.41, 5.74) is 1.12. The van der Waals surface area contributed by atoms with Crippen molar-refractivity contribution in [3.63, 3.8) is 0 Å². The summed E-state index contributed by atoms with van der Waals surface area (Å²) >= 11 is 0. The number of likely N-dealkylation sites (tertiary alicyclic amines) is 1. The maximum absolute atomic E-state index is 12.5. The lowest BCUT2D eigenvalue weighted by molar-refractivity contribution is 0.103. The van der Waals surface area contributed by atoms with Crippen molar-refractivity contribution >= 4 is 5.78 Å². The van der Waals surface area contributed by atoms with Gasteiger partial charge in [0, 0.05) is 31.5 Å². The molecule has 1 saturated heterocycles. The van der Waals surface area contributed by atoms with E-state index in [0.29, 0.717) is 23.9 Å². The molecule has 0 radical (unpaired) electrons. The smallest absolute Gasteiger partial charge is 0.296 e. The van der Waals surface area contributed by atoms with Gasteiger partial charge < -0.3 is 9.64 Å². The minimum atomic E-state index is -0.0735. The molecule has 1 aliphatic rings. The molecule has 24 heavy (non-hydrogen) atoms. The molecule has 2 aromatic rings. The summed E-state index contributed by atoms with van der Waals surface area (Å²) in [4.78, 5) is 23.1. The Morgan fingerprint density at radius 3 is 2.71 bits per heavy atom. The van der Waals surface area contributed by atoms with E-state index in [0.717, 1.165) is 13.0 Å². The van der Waals surface area contributed by atoms with Crippen molar-refractivity contribution in [3.8, 4) is 6.01 Å². The maximum atomic E-state index is 12.5. The first kappa shape index (κ1) is 16.6. The summed E-state index contributed by atoms with van der Waals surface area (Å²) in [6.07, 6.45) is 9.74. The number of ketones is 1. The van der Waals surface area contributed by atoms with Crippen LogP contribution in [-0.4, -0.2) is 51.5 Å². The van der Waals surface area contributed by atoms with Crippen LogP contribution < -0.4 is 4.74 Å². The Labute approximate surface area is 142 Å². The Morgan fingerprint density at radius 2 is 1.96 bits per heavy atom. The number of nitrogens with zero attached hydrogens (tertiary/aromatic N) is 4. The fourth-order valence-corrected chi connectivity index (χ4v) is 3.02. The molecule has 0 atom stereocenters. The van der Waals surface area contributed by atoms with Gasteiger partial charge in [-0.1, -0.05) is 6.42 Å². The first-order valence-corrected chi connectivity index (χ1v) is 8.57. The van der Waals surface area contributed by atoms with E-state index >= 15 is 0 Å². The molecule has 3 heterocycles. The number of imidazole rings is 1. The molecular weight excluding hydrogens is 304 g/mol. The van der Waals surface area contributed by atoms with Gasteiger partial charge in [0.15, 0.2) is 0 Å². The van der Waals surface area contributed by atoms with Crippen LogP contribution in [-0.2, 0) is 7.05 Å². The Hall–Kier alpha value is -2.21. The molecule has 0 bridgehead atoms. The van der Waals surface area contributed by atoms with Crippen molar-refractivity contribution < 1.29 is 9.53 Å². The third-order valence-electron chi connectivity index (χ3n) is 4.42. The van der Waals surface area contributed by atoms with E-state index in [1.807, 2.05) is 0 Å². The molecule has 0 N–H and O–H groups in total. The van der Waals surface area contributed by atoms with Gasteiger partial charge in [-0.05, 0) is 44.5 Å². The molecule has 128 valence electrons. The quantitative estimate of drug-likeness (QED) is 0.576. The maximum Gasteiger partial charge on any atom is 0.296 e. The highest BCUT2D eigenvalue weighted by Crippen LogP contribution is 2.15. The highest BCUT2D eigenvalue weighted by atomic mass is 16.5. The summed E-state index contributed by atoms with van der Waals surface area (Å²) in [5.74, 6) is -0.0735. The van der Waals surface area contributed by atoms with Crippen LogP contribution in [0.4, 0.5) is 0 Å². The number of aromatic nitrogens is 3. The molecule has 0 spiro atoms. The minimum Gasteiger partial charge on any atom is -0.465 e. The van der Waals surface area contributed by atoms with E-state index in [4.69, 9.17) is 4.74 Å². The number of piperidine rings is 1. The van der Waals surface area contributed by atoms with Crippen molar-refractivity contribution in [2.45, 2.75) is 25.7 Å². The van der Waals surface area contributed by atoms with Crippen molar-refractivity contribution in [2.24, 2.45) is 7.05 Å². The number of rotatable bonds is 7. The summed E-state index contributed by atoms with van der Waals surface area (Å²) in [6, 6.07) is 3.90. The van der Waals surface area contributed by atoms with Crippen molar-refractivity contribution in [2.75, 3.05) is 26.2 Å². The van der Waals surface area contributed by atoms with Gasteiger partial charge in [-0.25, -0.2) is 4.98 Å². The van der Waals surface area contributed by atoms with Crippen LogP contribution in [0.5, 0.6) is 6.01 Å². The van der Waals surface area contributed by atoms with Crippen molar-refractivity contribution in [1.29, 1.82) is 0 Å². The van der Waals surface area contributed by atoms with Gasteiger partial charge in [0.05, 0.1) is 12.8 Å². The van der Waals surface area contributed by atoms with E-state index in [-0.39, 0.29) is 5.78 Å². The standard InChI is InChI=1S/C18H24N4O2/c1-21-16(17(23)15-6-8-19-9-7-15)14-20-18(21)24-13-5-12-22-10-3-2-4-11-22/h6-9,14H,2-5,10-13H2,1H3. The van der Waals surface area contributed by atoms with E-state index in [9.17, 15) is 4.79 Å². The molecule has 6 heteroatoms. The second-order valence-corrected chi connectivity index (χ2v) is 6.15. The SMILES string of the molecule is Cn1c(C(=O)c2ccncc2)cnc1OCCCN1CCCCC1. The molecule has 3 rings (SSSR count). The lowest BCUT2D eigenvalue weighted by Gasteiger charge is -2.26. The second kappa shape index (κ2) is 8.06. The predicted octanol–water partition coefficient (Wildman–Crippen LogP) is 2.30. The molecule has 0 aromatic carbocycles. The molecule has 1 fully saturated rings. The van der Waals surface area contributed by atoms with E-state index in [2.05, 4.69) is 14.9 Å². The van der Waals surface area contributed by atoms with Gasteiger partial charge in [-0.15, -0.1) is 0 Å². The average Bonchev–Trinajstić information content (AvgIpc) is 3.00. The van der Waals surface area contributed by atoms with Gasteiger partial charge in [0.2, 0.25) is 5.78 Å². The van der Waals surface area contributed by atoms with E-state index < -0.39 is 0 Å². The highest BCUT2D eigenvalue weighted by molar-refractivity contribution is 6.07. The molecule has 1 aliphatic heterocycles. The lowest BCUT2D eigenvalue weighted by Crippen LogP contribution is -2.31. The van der Waals surface area contributed by atoms with Gasteiger partial charge in [-0.2, -0.15) is 0 Å². The third kappa shape index (κ3) is 4.00. The normalized spacial score (nSPS) is 15.4. The average molecular weight is 328 g/mol. The van der Waals surface area contributed by atoms with Crippen LogP contribution in [0.3, 0.4) is 0 Å². The van der Waals surface area contributed by atoms with Gasteiger partial charge >= 0.3 is 0 Å². The molecule has 6 nitrogen and oxygen atoms in total. The van der Waals surface area contributed by atoms with Crippen LogP contribution in [0.15, 0.2) is 30.7 Å². The fourth-order valence-electron chi connectivity index (χ4n) is 3.02. The largest absolute Gasteiger partial charge is 0.465 e. The first-order chi connectivity index (χ1) is 11.8. The molecule has 0 amide bonds. The number of hydrogen-bond donors (Lipinski definition) is 0. The fraction of sp³-hybridized carbons (Fsp3) is 0.500. The summed E-state index contributed by atoms with van der Waals surface area (Å²) in [6.45, 7) is 4.08. The number of hydrogen-bond acceptors (Lipinski definition) is 5. The highest BCUT2D eigenvalue weighted by Gasteiger charge is 2.16. The zero-order valence-corrected chi connectivity index (χ0v) is 14.1. The Morgan fingerprint density at radius 1 is 1.21 bits per heavy atom. The molecule has 0 aliphatic carbocycles.